The van der Waals surface area contributed by atoms with E-state index in [2.05, 4.69) is 17.4 Å². The topological polar surface area (TPSA) is 87.7 Å². The van der Waals surface area contributed by atoms with Crippen molar-refractivity contribution in [1.29, 1.82) is 0 Å². The fraction of sp³-hybridized carbons (Fsp3) is 0.833. The van der Waals surface area contributed by atoms with Gasteiger partial charge >= 0.3 is 0 Å². The summed E-state index contributed by atoms with van der Waals surface area (Å²) in [6.45, 7) is 3.99. The summed E-state index contributed by atoms with van der Waals surface area (Å²) in [5.41, 5.74) is 5.53. The number of hydrogen-bond donors (Lipinski definition) is 3. The van der Waals surface area contributed by atoms with Crippen LogP contribution in [-0.2, 0) is 4.79 Å². The molecule has 1 rings (SSSR count). The summed E-state index contributed by atoms with van der Waals surface area (Å²) in [5, 5.41) is 15.2. The Labute approximate surface area is 113 Å². The fourth-order valence-electron chi connectivity index (χ4n) is 2.39. The van der Waals surface area contributed by atoms with Crippen molar-refractivity contribution in [3.05, 3.63) is 0 Å². The molecule has 4 N–H and O–H groups in total. The van der Waals surface area contributed by atoms with Gasteiger partial charge in [0.05, 0.1) is 5.92 Å². The van der Waals surface area contributed by atoms with Gasteiger partial charge in [-0.15, -0.1) is 0 Å². The zero-order chi connectivity index (χ0) is 13.5. The Kier molecular flexibility index (Phi) is 6.32. The van der Waals surface area contributed by atoms with Crippen LogP contribution in [0.15, 0.2) is 5.16 Å². The highest BCUT2D eigenvalue weighted by atomic mass is 32.2. The first-order valence-corrected chi connectivity index (χ1v) is 7.58. The highest BCUT2D eigenvalue weighted by Crippen LogP contribution is 2.30. The zero-order valence-corrected chi connectivity index (χ0v) is 11.9. The van der Waals surface area contributed by atoms with Crippen LogP contribution in [0.4, 0.5) is 0 Å². The molecule has 18 heavy (non-hydrogen) atoms. The molecule has 3 atom stereocenters. The highest BCUT2D eigenvalue weighted by Gasteiger charge is 2.31. The molecule has 104 valence electrons. The first-order valence-electron chi connectivity index (χ1n) is 6.53. The van der Waals surface area contributed by atoms with Crippen LogP contribution in [0.3, 0.4) is 0 Å². The van der Waals surface area contributed by atoms with E-state index in [1.54, 1.807) is 0 Å². The van der Waals surface area contributed by atoms with Crippen molar-refractivity contribution in [2.24, 2.45) is 16.8 Å². The van der Waals surface area contributed by atoms with E-state index in [0.717, 1.165) is 25.0 Å². The van der Waals surface area contributed by atoms with Crippen LogP contribution in [0.1, 0.15) is 39.5 Å². The van der Waals surface area contributed by atoms with Crippen LogP contribution in [-0.4, -0.2) is 34.0 Å². The summed E-state index contributed by atoms with van der Waals surface area (Å²) in [7, 11) is 0. The summed E-state index contributed by atoms with van der Waals surface area (Å²) in [5.74, 6) is 0.408. The number of carbonyl (C=O) groups excluding carboxylic acids is 1. The predicted octanol–water partition coefficient (Wildman–Crippen LogP) is 1.55. The van der Waals surface area contributed by atoms with Crippen LogP contribution >= 0.6 is 11.8 Å². The molecule has 0 heterocycles. The molecule has 3 unspecified atom stereocenters. The van der Waals surface area contributed by atoms with Crippen molar-refractivity contribution in [2.75, 3.05) is 5.75 Å². The monoisotopic (exact) mass is 273 g/mol. The van der Waals surface area contributed by atoms with Gasteiger partial charge in [0, 0.05) is 11.3 Å². The van der Waals surface area contributed by atoms with Crippen LogP contribution in [0.2, 0.25) is 0 Å². The van der Waals surface area contributed by atoms with E-state index in [0.29, 0.717) is 11.7 Å². The Morgan fingerprint density at radius 2 is 2.28 bits per heavy atom. The average molecular weight is 273 g/mol. The van der Waals surface area contributed by atoms with E-state index < -0.39 is 5.92 Å². The van der Waals surface area contributed by atoms with Crippen LogP contribution in [0.25, 0.3) is 0 Å². The quantitative estimate of drug-likeness (QED) is 0.296. The lowest BCUT2D eigenvalue weighted by atomic mass is 10.0. The number of amides is 1. The van der Waals surface area contributed by atoms with Crippen molar-refractivity contribution >= 4 is 23.5 Å². The molecule has 1 amide bonds. The lowest BCUT2D eigenvalue weighted by molar-refractivity contribution is -0.123. The van der Waals surface area contributed by atoms with Gasteiger partial charge in [-0.3, -0.25) is 4.79 Å². The molecule has 1 aliphatic rings. The Balaban J connectivity index is 2.57. The van der Waals surface area contributed by atoms with Crippen molar-refractivity contribution < 1.29 is 10.0 Å². The molecule has 0 aromatic heterocycles. The maximum Gasteiger partial charge on any atom is 0.231 e. The average Bonchev–Trinajstić information content (AvgIpc) is 2.78. The second-order valence-electron chi connectivity index (χ2n) is 4.53. The van der Waals surface area contributed by atoms with Crippen LogP contribution < -0.4 is 11.1 Å². The van der Waals surface area contributed by atoms with Crippen LogP contribution in [0.5, 0.6) is 0 Å². The molecule has 1 fully saturated rings. The molecule has 6 heteroatoms. The molecule has 0 radical (unpaired) electrons. The predicted molar refractivity (Wildman–Crippen MR) is 74.9 cm³/mol. The number of carbonyl (C=O) groups is 1. The molecular formula is C12H23N3O2S. The maximum absolute atomic E-state index is 12.1. The maximum atomic E-state index is 12.1. The SMILES string of the molecule is CCSC1CCCC1NC(=O)C(CC)C(N)=NO. The van der Waals surface area contributed by atoms with E-state index in [1.165, 1.54) is 0 Å². The van der Waals surface area contributed by atoms with Gasteiger partial charge in [0.1, 0.15) is 0 Å². The number of thioether (sulfide) groups is 1. The summed E-state index contributed by atoms with van der Waals surface area (Å²) < 4.78 is 0. The molecule has 0 spiro atoms. The number of nitrogens with one attached hydrogen (secondary N) is 1. The van der Waals surface area contributed by atoms with Gasteiger partial charge in [-0.2, -0.15) is 11.8 Å². The Bertz CT molecular complexity index is 310. The minimum atomic E-state index is -0.525. The standard InChI is InChI=1S/C12H23N3O2S/c1-3-8(11(13)15-17)12(16)14-9-6-5-7-10(9)18-4-2/h8-10,17H,3-7H2,1-2H3,(H2,13,15)(H,14,16). The molecule has 0 aliphatic heterocycles. The van der Waals surface area contributed by atoms with Gasteiger partial charge in [0.2, 0.25) is 5.91 Å². The lowest BCUT2D eigenvalue weighted by Crippen LogP contribution is -2.45. The second-order valence-corrected chi connectivity index (χ2v) is 6.04. The second kappa shape index (κ2) is 7.51. The molecular weight excluding hydrogens is 250 g/mol. The molecule has 0 aromatic carbocycles. The molecule has 0 bridgehead atoms. The first-order chi connectivity index (χ1) is 8.63. The van der Waals surface area contributed by atoms with E-state index in [4.69, 9.17) is 10.9 Å². The van der Waals surface area contributed by atoms with Crippen molar-refractivity contribution in [3.8, 4) is 0 Å². The molecule has 5 nitrogen and oxygen atoms in total. The third kappa shape index (κ3) is 3.80. The Morgan fingerprint density at radius 3 is 2.83 bits per heavy atom. The summed E-state index contributed by atoms with van der Waals surface area (Å²) in [4.78, 5) is 12.1. The normalized spacial score (nSPS) is 26.0. The molecule has 0 aromatic rings. The molecule has 1 saturated carbocycles. The Morgan fingerprint density at radius 1 is 1.56 bits per heavy atom. The zero-order valence-electron chi connectivity index (χ0n) is 11.1. The number of oxime groups is 1. The third-order valence-corrected chi connectivity index (χ3v) is 4.68. The molecule has 0 saturated heterocycles. The smallest absolute Gasteiger partial charge is 0.231 e. The van der Waals surface area contributed by atoms with Crippen LogP contribution in [0, 0.1) is 5.92 Å². The first kappa shape index (κ1) is 15.1. The number of nitrogens with two attached hydrogens (primary N) is 1. The van der Waals surface area contributed by atoms with Gasteiger partial charge in [-0.25, -0.2) is 0 Å². The van der Waals surface area contributed by atoms with E-state index in [1.807, 2.05) is 18.7 Å². The fourth-order valence-corrected chi connectivity index (χ4v) is 3.58. The number of amidine groups is 1. The summed E-state index contributed by atoms with van der Waals surface area (Å²) in [6, 6.07) is 0.225. The van der Waals surface area contributed by atoms with Gasteiger partial charge in [-0.1, -0.05) is 25.4 Å². The third-order valence-electron chi connectivity index (χ3n) is 3.36. The molecule has 1 aliphatic carbocycles. The minimum Gasteiger partial charge on any atom is -0.409 e. The Hall–Kier alpha value is -0.910. The van der Waals surface area contributed by atoms with Gasteiger partial charge < -0.3 is 16.3 Å². The van der Waals surface area contributed by atoms with Gasteiger partial charge in [0.15, 0.2) is 5.84 Å². The van der Waals surface area contributed by atoms with Gasteiger partial charge in [-0.05, 0) is 25.0 Å². The van der Waals surface area contributed by atoms with Gasteiger partial charge in [0.25, 0.3) is 0 Å². The number of rotatable bonds is 6. The number of nitrogens with zero attached hydrogens (tertiary/aromatic N) is 1. The largest absolute Gasteiger partial charge is 0.409 e. The summed E-state index contributed by atoms with van der Waals surface area (Å²) in [6.07, 6.45) is 3.88. The van der Waals surface area contributed by atoms with Crippen molar-refractivity contribution in [1.82, 2.24) is 5.32 Å². The van der Waals surface area contributed by atoms with Crippen molar-refractivity contribution in [3.63, 3.8) is 0 Å². The van der Waals surface area contributed by atoms with E-state index in [9.17, 15) is 4.79 Å². The number of hydrogen-bond acceptors (Lipinski definition) is 4. The lowest BCUT2D eigenvalue weighted by Gasteiger charge is -2.22. The summed E-state index contributed by atoms with van der Waals surface area (Å²) >= 11 is 1.90. The minimum absolute atomic E-state index is 0.00677. The van der Waals surface area contributed by atoms with E-state index >= 15 is 0 Å². The highest BCUT2D eigenvalue weighted by molar-refractivity contribution is 7.99. The van der Waals surface area contributed by atoms with Crippen molar-refractivity contribution in [2.45, 2.75) is 50.8 Å². The van der Waals surface area contributed by atoms with E-state index in [-0.39, 0.29) is 17.8 Å².